The minimum atomic E-state index is -0.883. The monoisotopic (exact) mass is 244 g/mol. The molecule has 0 aromatic heterocycles. The fraction of sp³-hybridized carbons (Fsp3) is 0.833. The Balaban J connectivity index is 4.43. The van der Waals surface area contributed by atoms with Crippen LogP contribution in [0.5, 0.6) is 0 Å². The Morgan fingerprint density at radius 2 is 1.76 bits per heavy atom. The van der Waals surface area contributed by atoms with Gasteiger partial charge in [-0.15, -0.1) is 0 Å². The first kappa shape index (κ1) is 15.7. The fourth-order valence-corrected chi connectivity index (χ4v) is 1.77. The predicted molar refractivity (Wildman–Crippen MR) is 67.0 cm³/mol. The summed E-state index contributed by atoms with van der Waals surface area (Å²) in [4.78, 5) is 24.1. The average Bonchev–Trinajstić information content (AvgIpc) is 2.25. The Kier molecular flexibility index (Phi) is 7.34. The predicted octanol–water partition coefficient (Wildman–Crippen LogP) is 2.07. The molecule has 1 atom stereocenters. The molecular weight excluding hydrogens is 220 g/mol. The number of aliphatic carboxylic acids is 1. The van der Waals surface area contributed by atoms with E-state index in [-0.39, 0.29) is 24.5 Å². The smallest absolute Gasteiger partial charge is 0.317 e. The largest absolute Gasteiger partial charge is 0.481 e. The second-order valence-electron chi connectivity index (χ2n) is 4.20. The molecular formula is C12H24N2O3. The molecule has 0 saturated heterocycles. The van der Waals surface area contributed by atoms with Crippen LogP contribution < -0.4 is 5.32 Å². The molecule has 0 spiro atoms. The number of carboxylic acid groups (broad SMARTS) is 1. The van der Waals surface area contributed by atoms with Gasteiger partial charge < -0.3 is 15.3 Å². The number of amides is 2. The normalized spacial score (nSPS) is 12.3. The summed E-state index contributed by atoms with van der Waals surface area (Å²) >= 11 is 0. The lowest BCUT2D eigenvalue weighted by Gasteiger charge is -2.29. The molecule has 0 aliphatic heterocycles. The van der Waals surface area contributed by atoms with Crippen LogP contribution in [0.4, 0.5) is 4.79 Å². The van der Waals surface area contributed by atoms with Gasteiger partial charge in [0.25, 0.3) is 0 Å². The van der Waals surface area contributed by atoms with Crippen molar-refractivity contribution in [2.24, 2.45) is 0 Å². The van der Waals surface area contributed by atoms with Gasteiger partial charge in [0, 0.05) is 18.6 Å². The first-order valence-electron chi connectivity index (χ1n) is 6.25. The molecule has 0 heterocycles. The van der Waals surface area contributed by atoms with Crippen LogP contribution in [-0.4, -0.2) is 40.6 Å². The van der Waals surface area contributed by atoms with Crippen LogP contribution in [0, 0.1) is 0 Å². The molecule has 2 N–H and O–H groups in total. The van der Waals surface area contributed by atoms with E-state index in [0.29, 0.717) is 6.54 Å². The molecule has 0 saturated carbocycles. The first-order chi connectivity index (χ1) is 7.96. The second kappa shape index (κ2) is 7.92. The molecule has 1 unspecified atom stereocenters. The van der Waals surface area contributed by atoms with Crippen molar-refractivity contribution >= 4 is 12.0 Å². The molecule has 0 fully saturated rings. The first-order valence-corrected chi connectivity index (χ1v) is 6.25. The Morgan fingerprint density at radius 3 is 2.12 bits per heavy atom. The minimum absolute atomic E-state index is 0.0236. The maximum atomic E-state index is 11.9. The van der Waals surface area contributed by atoms with Gasteiger partial charge in [-0.1, -0.05) is 13.8 Å². The number of nitrogens with zero attached hydrogens (tertiary/aromatic N) is 1. The zero-order valence-electron chi connectivity index (χ0n) is 11.2. The quantitative estimate of drug-likeness (QED) is 0.720. The Bertz CT molecular complexity index is 252. The van der Waals surface area contributed by atoms with E-state index in [1.54, 1.807) is 11.8 Å². The summed E-state index contributed by atoms with van der Waals surface area (Å²) in [5.74, 6) is -0.883. The summed E-state index contributed by atoms with van der Waals surface area (Å²) in [7, 11) is 0. The summed E-state index contributed by atoms with van der Waals surface area (Å²) in [5, 5.41) is 11.6. The molecule has 0 aliphatic carbocycles. The van der Waals surface area contributed by atoms with Gasteiger partial charge in [-0.25, -0.2) is 4.79 Å². The lowest BCUT2D eigenvalue weighted by molar-refractivity contribution is -0.138. The van der Waals surface area contributed by atoms with Crippen molar-refractivity contribution in [2.45, 2.75) is 59.0 Å². The third kappa shape index (κ3) is 5.56. The van der Waals surface area contributed by atoms with Gasteiger partial charge >= 0.3 is 12.0 Å². The van der Waals surface area contributed by atoms with Crippen molar-refractivity contribution < 1.29 is 14.7 Å². The second-order valence-corrected chi connectivity index (χ2v) is 4.20. The van der Waals surface area contributed by atoms with Gasteiger partial charge in [0.1, 0.15) is 0 Å². The topological polar surface area (TPSA) is 69.6 Å². The molecule has 0 radical (unpaired) electrons. The van der Waals surface area contributed by atoms with E-state index in [4.69, 9.17) is 5.11 Å². The highest BCUT2D eigenvalue weighted by Gasteiger charge is 2.21. The van der Waals surface area contributed by atoms with E-state index < -0.39 is 5.97 Å². The van der Waals surface area contributed by atoms with Gasteiger partial charge in [-0.3, -0.25) is 4.79 Å². The lowest BCUT2D eigenvalue weighted by Crippen LogP contribution is -2.48. The fourth-order valence-electron chi connectivity index (χ4n) is 1.77. The van der Waals surface area contributed by atoms with Crippen LogP contribution in [0.2, 0.25) is 0 Å². The molecule has 0 aromatic rings. The van der Waals surface area contributed by atoms with Crippen LogP contribution in [0.15, 0.2) is 0 Å². The van der Waals surface area contributed by atoms with Crippen LogP contribution in [0.1, 0.15) is 47.0 Å². The van der Waals surface area contributed by atoms with Crippen molar-refractivity contribution in [3.63, 3.8) is 0 Å². The summed E-state index contributed by atoms with van der Waals surface area (Å²) in [6.45, 7) is 8.16. The van der Waals surface area contributed by atoms with E-state index in [1.807, 2.05) is 20.8 Å². The summed E-state index contributed by atoms with van der Waals surface area (Å²) in [6.07, 6.45) is 1.74. The Hall–Kier alpha value is -1.26. The van der Waals surface area contributed by atoms with Crippen molar-refractivity contribution in [2.75, 3.05) is 6.54 Å². The lowest BCUT2D eigenvalue weighted by atomic mass is 10.1. The zero-order valence-corrected chi connectivity index (χ0v) is 11.2. The standard InChI is InChI=1S/C12H24N2O3/c1-5-10(6-2)13-12(17)14(7-3)9(4)8-11(15)16/h9-10H,5-8H2,1-4H3,(H,13,17)(H,15,16). The Labute approximate surface area is 103 Å². The number of carboxylic acids is 1. The van der Waals surface area contributed by atoms with E-state index in [0.717, 1.165) is 12.8 Å². The highest BCUT2D eigenvalue weighted by Crippen LogP contribution is 2.06. The average molecular weight is 244 g/mol. The van der Waals surface area contributed by atoms with Crippen LogP contribution in [0.25, 0.3) is 0 Å². The number of urea groups is 1. The van der Waals surface area contributed by atoms with Crippen LogP contribution >= 0.6 is 0 Å². The maximum Gasteiger partial charge on any atom is 0.317 e. The molecule has 100 valence electrons. The van der Waals surface area contributed by atoms with Crippen molar-refractivity contribution in [3.8, 4) is 0 Å². The van der Waals surface area contributed by atoms with Gasteiger partial charge in [-0.2, -0.15) is 0 Å². The van der Waals surface area contributed by atoms with Gasteiger partial charge in [0.05, 0.1) is 6.42 Å². The number of hydrogen-bond donors (Lipinski definition) is 2. The minimum Gasteiger partial charge on any atom is -0.481 e. The molecule has 0 aliphatic rings. The van der Waals surface area contributed by atoms with Crippen molar-refractivity contribution in [1.29, 1.82) is 0 Å². The molecule has 17 heavy (non-hydrogen) atoms. The van der Waals surface area contributed by atoms with Crippen molar-refractivity contribution in [3.05, 3.63) is 0 Å². The number of carbonyl (C=O) groups is 2. The van der Waals surface area contributed by atoms with Gasteiger partial charge in [-0.05, 0) is 26.7 Å². The number of hydrogen-bond acceptors (Lipinski definition) is 2. The Morgan fingerprint density at radius 1 is 1.24 bits per heavy atom. The third-order valence-corrected chi connectivity index (χ3v) is 2.92. The van der Waals surface area contributed by atoms with E-state index in [2.05, 4.69) is 5.32 Å². The molecule has 2 amide bonds. The summed E-state index contributed by atoms with van der Waals surface area (Å²) < 4.78 is 0. The number of rotatable bonds is 7. The summed E-state index contributed by atoms with van der Waals surface area (Å²) in [5.41, 5.74) is 0. The molecule has 0 bridgehead atoms. The molecule has 5 nitrogen and oxygen atoms in total. The van der Waals surface area contributed by atoms with Gasteiger partial charge in [0.15, 0.2) is 0 Å². The van der Waals surface area contributed by atoms with Gasteiger partial charge in [0.2, 0.25) is 0 Å². The summed E-state index contributed by atoms with van der Waals surface area (Å²) in [6, 6.07) is -0.296. The molecule has 0 rings (SSSR count). The highest BCUT2D eigenvalue weighted by atomic mass is 16.4. The number of nitrogens with one attached hydrogen (secondary N) is 1. The van der Waals surface area contributed by atoms with Crippen molar-refractivity contribution in [1.82, 2.24) is 10.2 Å². The molecule has 0 aromatic carbocycles. The SMILES string of the molecule is CCC(CC)NC(=O)N(CC)C(C)CC(=O)O. The maximum absolute atomic E-state index is 11.9. The number of carbonyl (C=O) groups excluding carboxylic acids is 1. The zero-order chi connectivity index (χ0) is 13.4. The highest BCUT2D eigenvalue weighted by molar-refractivity contribution is 5.76. The van der Waals surface area contributed by atoms with E-state index in [9.17, 15) is 9.59 Å². The van der Waals surface area contributed by atoms with Crippen LogP contribution in [0.3, 0.4) is 0 Å². The van der Waals surface area contributed by atoms with E-state index >= 15 is 0 Å². The van der Waals surface area contributed by atoms with Crippen LogP contribution in [-0.2, 0) is 4.79 Å². The van der Waals surface area contributed by atoms with E-state index in [1.165, 1.54) is 0 Å². The third-order valence-electron chi connectivity index (χ3n) is 2.92. The molecule has 5 heteroatoms.